The van der Waals surface area contributed by atoms with E-state index in [1.807, 2.05) is 25.1 Å². The quantitative estimate of drug-likeness (QED) is 0.666. The average Bonchev–Trinajstić information content (AvgIpc) is 2.85. The van der Waals surface area contributed by atoms with Gasteiger partial charge in [-0.15, -0.1) is 0 Å². The van der Waals surface area contributed by atoms with Crippen LogP contribution in [0.15, 0.2) is 42.2 Å². The van der Waals surface area contributed by atoms with Crippen LogP contribution in [-0.4, -0.2) is 52.0 Å². The maximum Gasteiger partial charge on any atom is 0.286 e. The third-order valence-corrected chi connectivity index (χ3v) is 7.21. The molecule has 0 aromatic carbocycles. The molecule has 8 nitrogen and oxygen atoms in total. The number of nitrogens with one attached hydrogen (secondary N) is 1. The summed E-state index contributed by atoms with van der Waals surface area (Å²) in [4.78, 5) is 18.8. The van der Waals surface area contributed by atoms with E-state index in [-0.39, 0.29) is 23.4 Å². The van der Waals surface area contributed by atoms with Crippen LogP contribution in [-0.2, 0) is 10.7 Å². The number of alkyl halides is 2. The van der Waals surface area contributed by atoms with Crippen LogP contribution in [0.25, 0.3) is 5.57 Å². The summed E-state index contributed by atoms with van der Waals surface area (Å²) in [5.74, 6) is -3.47. The molecular formula is C26H29F2N5O3. The first-order valence-corrected chi connectivity index (χ1v) is 12.1. The number of morpholine rings is 1. The summed E-state index contributed by atoms with van der Waals surface area (Å²) in [5, 5.41) is 22.3. The minimum Gasteiger partial charge on any atom is -0.387 e. The lowest BCUT2D eigenvalue weighted by Gasteiger charge is -2.42. The molecule has 5 rings (SSSR count). The summed E-state index contributed by atoms with van der Waals surface area (Å²) in [5.41, 5.74) is 3.20. The fraction of sp³-hybridized carbons (Fsp3) is 0.462. The molecular weight excluding hydrogens is 468 g/mol. The zero-order chi connectivity index (χ0) is 25.6. The van der Waals surface area contributed by atoms with Gasteiger partial charge in [-0.3, -0.25) is 9.78 Å². The van der Waals surface area contributed by atoms with Crippen LogP contribution < -0.4 is 10.2 Å². The average molecular weight is 498 g/mol. The molecule has 2 aromatic heterocycles. The first-order valence-electron chi connectivity index (χ1n) is 12.1. The smallest absolute Gasteiger partial charge is 0.286 e. The highest BCUT2D eigenvalue weighted by Gasteiger charge is 2.36. The van der Waals surface area contributed by atoms with Gasteiger partial charge in [0, 0.05) is 37.3 Å². The van der Waals surface area contributed by atoms with Crippen LogP contribution in [0.2, 0.25) is 0 Å². The van der Waals surface area contributed by atoms with Crippen molar-refractivity contribution >= 4 is 17.2 Å². The number of pyridine rings is 1. The van der Waals surface area contributed by atoms with E-state index in [0.29, 0.717) is 43.3 Å². The van der Waals surface area contributed by atoms with Gasteiger partial charge in [0.15, 0.2) is 0 Å². The van der Waals surface area contributed by atoms with Crippen molar-refractivity contribution in [3.05, 3.63) is 64.9 Å². The predicted molar refractivity (Wildman–Crippen MR) is 129 cm³/mol. The Labute approximate surface area is 208 Å². The number of fused-ring (bicyclic) bond motifs is 3. The molecule has 3 aliphatic rings. The van der Waals surface area contributed by atoms with Crippen LogP contribution in [0.5, 0.6) is 0 Å². The Kier molecular flexibility index (Phi) is 6.34. The fourth-order valence-electron chi connectivity index (χ4n) is 4.99. The number of aliphatic hydroxyl groups is 1. The Morgan fingerprint density at radius 2 is 2.08 bits per heavy atom. The van der Waals surface area contributed by atoms with E-state index in [1.54, 1.807) is 0 Å². The fourth-order valence-corrected chi connectivity index (χ4v) is 4.99. The molecule has 1 fully saturated rings. The summed E-state index contributed by atoms with van der Waals surface area (Å²) in [6.45, 7) is 6.75. The Morgan fingerprint density at radius 1 is 1.28 bits per heavy atom. The van der Waals surface area contributed by atoms with E-state index in [1.165, 1.54) is 12.3 Å². The van der Waals surface area contributed by atoms with Gasteiger partial charge in [0.2, 0.25) is 0 Å². The molecule has 4 heterocycles. The van der Waals surface area contributed by atoms with Crippen LogP contribution in [0.4, 0.5) is 14.5 Å². The number of rotatable bonds is 4. The van der Waals surface area contributed by atoms with Gasteiger partial charge >= 0.3 is 0 Å². The molecule has 2 aromatic rings. The maximum atomic E-state index is 13.7. The minimum absolute atomic E-state index is 0.0767. The van der Waals surface area contributed by atoms with Crippen molar-refractivity contribution in [1.82, 2.24) is 20.5 Å². The Hall–Kier alpha value is -3.24. The third-order valence-electron chi connectivity index (χ3n) is 7.21. The third kappa shape index (κ3) is 4.62. The van der Waals surface area contributed by atoms with E-state index in [0.717, 1.165) is 24.3 Å². The number of ether oxygens (including phenoxy) is 1. The van der Waals surface area contributed by atoms with Gasteiger partial charge in [-0.25, -0.2) is 0 Å². The Balaban J connectivity index is 1.44. The number of hydrogen-bond donors (Lipinski definition) is 2. The molecule has 10 heteroatoms. The molecule has 4 unspecified atom stereocenters. The number of anilines is 1. The lowest BCUT2D eigenvalue weighted by molar-refractivity contribution is 0.0127. The van der Waals surface area contributed by atoms with Crippen molar-refractivity contribution in [2.75, 3.05) is 24.7 Å². The lowest BCUT2D eigenvalue weighted by Crippen LogP contribution is -2.49. The summed E-state index contributed by atoms with van der Waals surface area (Å²) >= 11 is 0. The summed E-state index contributed by atoms with van der Waals surface area (Å²) in [7, 11) is 0. The number of aliphatic hydroxyl groups excluding tert-OH is 1. The van der Waals surface area contributed by atoms with Crippen molar-refractivity contribution < 1.29 is 23.4 Å². The second kappa shape index (κ2) is 9.33. The van der Waals surface area contributed by atoms with Crippen molar-refractivity contribution in [1.29, 1.82) is 0 Å². The van der Waals surface area contributed by atoms with Gasteiger partial charge in [-0.1, -0.05) is 19.9 Å². The van der Waals surface area contributed by atoms with Crippen LogP contribution >= 0.6 is 0 Å². The molecule has 4 atom stereocenters. The van der Waals surface area contributed by atoms with Gasteiger partial charge in [-0.05, 0) is 41.7 Å². The number of carbonyl (C=O) groups is 1. The van der Waals surface area contributed by atoms with Crippen LogP contribution in [0.3, 0.4) is 0 Å². The number of halogens is 2. The molecule has 190 valence electrons. The minimum atomic E-state index is -3.14. The van der Waals surface area contributed by atoms with Gasteiger partial charge in [0.1, 0.15) is 17.5 Å². The summed E-state index contributed by atoms with van der Waals surface area (Å²) < 4.78 is 33.0. The highest BCUT2D eigenvalue weighted by Crippen LogP contribution is 2.40. The van der Waals surface area contributed by atoms with E-state index in [2.05, 4.69) is 32.3 Å². The molecule has 0 radical (unpaired) electrons. The number of nitrogens with zero attached hydrogens (tertiary/aromatic N) is 4. The largest absolute Gasteiger partial charge is 0.387 e. The number of allylic oxidation sites excluding steroid dienone is 3. The normalized spacial score (nSPS) is 25.9. The van der Waals surface area contributed by atoms with Gasteiger partial charge in [0.05, 0.1) is 30.6 Å². The standard InChI is InChI=1S/C26H29F2N5O3/c1-14-8-17(30-25(35)16-4-5-29-23(9-16)26(3,27)28)10-19(15(14)2)20-12-21-24(32-31-20)22(34)11-18-13-36-7-6-33(18)21/h4-5,8-10,12,14-15,18,22,34H,6-7,11,13H2,1-3H3,(H,30,35). The molecule has 0 bridgehead atoms. The van der Waals surface area contributed by atoms with E-state index in [9.17, 15) is 18.7 Å². The van der Waals surface area contributed by atoms with E-state index in [4.69, 9.17) is 4.74 Å². The number of carbonyl (C=O) groups excluding carboxylic acids is 1. The molecule has 2 aliphatic heterocycles. The van der Waals surface area contributed by atoms with Crippen LogP contribution in [0, 0.1) is 11.8 Å². The summed E-state index contributed by atoms with van der Waals surface area (Å²) in [6.07, 6.45) is 4.86. The lowest BCUT2D eigenvalue weighted by atomic mass is 9.81. The SMILES string of the molecule is CC1C=C(NC(=O)c2ccnc(C(C)(F)F)c2)C=C(c2cc3c(nn2)C(O)CC2COCCN32)C1C. The Morgan fingerprint density at radius 3 is 2.86 bits per heavy atom. The maximum absolute atomic E-state index is 13.7. The number of hydrogen-bond acceptors (Lipinski definition) is 7. The predicted octanol–water partition coefficient (Wildman–Crippen LogP) is 3.61. The molecule has 1 aliphatic carbocycles. The second-order valence-electron chi connectivity index (χ2n) is 9.82. The topological polar surface area (TPSA) is 100 Å². The highest BCUT2D eigenvalue weighted by molar-refractivity contribution is 5.96. The van der Waals surface area contributed by atoms with Crippen molar-refractivity contribution in [2.45, 2.75) is 45.3 Å². The molecule has 1 saturated heterocycles. The number of amides is 1. The first-order chi connectivity index (χ1) is 17.1. The second-order valence-corrected chi connectivity index (χ2v) is 9.82. The zero-order valence-electron chi connectivity index (χ0n) is 20.4. The molecule has 0 saturated carbocycles. The van der Waals surface area contributed by atoms with E-state index >= 15 is 0 Å². The summed E-state index contributed by atoms with van der Waals surface area (Å²) in [6, 6.07) is 4.56. The van der Waals surface area contributed by atoms with Crippen molar-refractivity contribution in [3.63, 3.8) is 0 Å². The van der Waals surface area contributed by atoms with Crippen LogP contribution in [0.1, 0.15) is 60.7 Å². The van der Waals surface area contributed by atoms with E-state index < -0.39 is 23.6 Å². The Bertz CT molecular complexity index is 1240. The van der Waals surface area contributed by atoms with Gasteiger partial charge < -0.3 is 20.1 Å². The monoisotopic (exact) mass is 497 g/mol. The van der Waals surface area contributed by atoms with Crippen molar-refractivity contribution in [3.8, 4) is 0 Å². The van der Waals surface area contributed by atoms with Gasteiger partial charge in [-0.2, -0.15) is 19.0 Å². The molecule has 0 spiro atoms. The highest BCUT2D eigenvalue weighted by atomic mass is 19.3. The first kappa shape index (κ1) is 24.5. The zero-order valence-corrected chi connectivity index (χ0v) is 20.4. The van der Waals surface area contributed by atoms with Crippen molar-refractivity contribution in [2.24, 2.45) is 11.8 Å². The molecule has 2 N–H and O–H groups in total. The number of aromatic nitrogens is 3. The molecule has 1 amide bonds. The van der Waals surface area contributed by atoms with Gasteiger partial charge in [0.25, 0.3) is 11.8 Å². The molecule has 36 heavy (non-hydrogen) atoms.